The number of esters is 1. The van der Waals surface area contributed by atoms with Gasteiger partial charge < -0.3 is 14.5 Å². The summed E-state index contributed by atoms with van der Waals surface area (Å²) in [5.41, 5.74) is 1.24. The molecule has 0 bridgehead atoms. The summed E-state index contributed by atoms with van der Waals surface area (Å²) in [6.45, 7) is 1.71. The zero-order valence-corrected chi connectivity index (χ0v) is 15.1. The Hall–Kier alpha value is -2.37. The van der Waals surface area contributed by atoms with E-state index in [2.05, 4.69) is 9.89 Å². The minimum Gasteiger partial charge on any atom is -0.465 e. The molecule has 0 aliphatic heterocycles. The number of oxime groups is 1. The van der Waals surface area contributed by atoms with Crippen LogP contribution < -0.4 is 0 Å². The Bertz CT molecular complexity index is 606. The van der Waals surface area contributed by atoms with Gasteiger partial charge in [-0.2, -0.15) is 0 Å². The molecule has 0 heterocycles. The third-order valence-corrected chi connectivity index (χ3v) is 4.57. The van der Waals surface area contributed by atoms with Crippen molar-refractivity contribution in [1.29, 1.82) is 0 Å². The first-order chi connectivity index (χ1) is 12.0. The molecule has 1 aromatic carbocycles. The van der Waals surface area contributed by atoms with E-state index in [-0.39, 0.29) is 11.9 Å². The summed E-state index contributed by atoms with van der Waals surface area (Å²) in [5.74, 6) is -0.435. The highest BCUT2D eigenvalue weighted by Crippen LogP contribution is 2.22. The van der Waals surface area contributed by atoms with Gasteiger partial charge in [-0.15, -0.1) is 0 Å². The predicted octanol–water partition coefficient (Wildman–Crippen LogP) is 3.00. The van der Waals surface area contributed by atoms with Gasteiger partial charge in [0.05, 0.1) is 18.9 Å². The van der Waals surface area contributed by atoms with Crippen molar-refractivity contribution >= 4 is 18.1 Å². The van der Waals surface area contributed by atoms with Crippen LogP contribution in [0, 0.1) is 0 Å². The normalized spacial score (nSPS) is 16.4. The maximum atomic E-state index is 12.4. The van der Waals surface area contributed by atoms with Crippen LogP contribution in [-0.4, -0.2) is 49.3 Å². The summed E-state index contributed by atoms with van der Waals surface area (Å²) in [6.07, 6.45) is 6.62. The van der Waals surface area contributed by atoms with Crippen LogP contribution >= 0.6 is 0 Å². The number of hydrogen-bond acceptors (Lipinski definition) is 5. The molecule has 0 aromatic heterocycles. The Balaban J connectivity index is 1.85. The van der Waals surface area contributed by atoms with Crippen molar-refractivity contribution < 1.29 is 19.2 Å². The molecule has 1 aromatic rings. The highest BCUT2D eigenvalue weighted by Gasteiger charge is 2.26. The van der Waals surface area contributed by atoms with Gasteiger partial charge in [0.25, 0.3) is 5.91 Å². The highest BCUT2D eigenvalue weighted by atomic mass is 16.6. The molecular formula is C19H26N2O4. The number of methoxy groups -OCH3 is 1. The Labute approximate surface area is 148 Å². The lowest BCUT2D eigenvalue weighted by molar-refractivity contribution is -0.144. The number of carbonyl (C=O) groups excluding carboxylic acids is 2. The zero-order valence-electron chi connectivity index (χ0n) is 15.1. The van der Waals surface area contributed by atoms with Crippen molar-refractivity contribution in [3.63, 3.8) is 0 Å². The van der Waals surface area contributed by atoms with Gasteiger partial charge in [-0.1, -0.05) is 36.6 Å². The zero-order chi connectivity index (χ0) is 18.2. The van der Waals surface area contributed by atoms with Crippen molar-refractivity contribution in [3.8, 4) is 0 Å². The van der Waals surface area contributed by atoms with E-state index in [1.54, 1.807) is 36.1 Å². The van der Waals surface area contributed by atoms with E-state index in [9.17, 15) is 9.59 Å². The molecule has 6 heteroatoms. The lowest BCUT2D eigenvalue weighted by Gasteiger charge is -2.32. The smallest absolute Gasteiger partial charge is 0.337 e. The topological polar surface area (TPSA) is 68.2 Å². The molecule has 1 atom stereocenters. The van der Waals surface area contributed by atoms with E-state index in [4.69, 9.17) is 4.84 Å². The fourth-order valence-corrected chi connectivity index (χ4v) is 2.99. The van der Waals surface area contributed by atoms with Gasteiger partial charge in [0.1, 0.15) is 0 Å². The van der Waals surface area contributed by atoms with Crippen molar-refractivity contribution in [1.82, 2.24) is 4.90 Å². The fourth-order valence-electron chi connectivity index (χ4n) is 2.99. The first-order valence-corrected chi connectivity index (χ1v) is 8.67. The van der Waals surface area contributed by atoms with Crippen molar-refractivity contribution in [2.45, 2.75) is 51.2 Å². The van der Waals surface area contributed by atoms with Gasteiger partial charge in [0.15, 0.2) is 0 Å². The van der Waals surface area contributed by atoms with Crippen LogP contribution in [0.5, 0.6) is 0 Å². The van der Waals surface area contributed by atoms with Gasteiger partial charge in [0, 0.05) is 13.1 Å². The third kappa shape index (κ3) is 5.31. The number of likely N-dealkylation sites (N-methyl/N-ethyl adjacent to an activating group) is 1. The van der Waals surface area contributed by atoms with Crippen LogP contribution in [0.2, 0.25) is 0 Å². The lowest BCUT2D eigenvalue weighted by atomic mass is 9.94. The minimum absolute atomic E-state index is 0.0508. The Morgan fingerprint density at radius 1 is 1.20 bits per heavy atom. The van der Waals surface area contributed by atoms with Crippen LogP contribution in [0.4, 0.5) is 0 Å². The quantitative estimate of drug-likeness (QED) is 0.451. The summed E-state index contributed by atoms with van der Waals surface area (Å²) in [6, 6.07) is 7.08. The van der Waals surface area contributed by atoms with E-state index in [1.807, 2.05) is 7.05 Å². The monoisotopic (exact) mass is 346 g/mol. The van der Waals surface area contributed by atoms with Gasteiger partial charge in [0.2, 0.25) is 6.10 Å². The third-order valence-electron chi connectivity index (χ3n) is 4.57. The molecule has 0 N–H and O–H groups in total. The van der Waals surface area contributed by atoms with Crippen molar-refractivity contribution in [3.05, 3.63) is 35.4 Å². The second kappa shape index (κ2) is 9.20. The molecule has 6 nitrogen and oxygen atoms in total. The first-order valence-electron chi connectivity index (χ1n) is 8.67. The number of rotatable bonds is 6. The number of benzene rings is 1. The molecule has 1 unspecified atom stereocenters. The summed E-state index contributed by atoms with van der Waals surface area (Å²) < 4.78 is 4.65. The number of hydrogen-bond donors (Lipinski definition) is 0. The molecule has 1 amide bonds. The minimum atomic E-state index is -0.627. The van der Waals surface area contributed by atoms with E-state index >= 15 is 0 Å². The Morgan fingerprint density at radius 2 is 1.84 bits per heavy atom. The second-order valence-electron chi connectivity index (χ2n) is 6.34. The van der Waals surface area contributed by atoms with Gasteiger partial charge in [-0.05, 0) is 37.5 Å². The molecule has 136 valence electrons. The highest BCUT2D eigenvalue weighted by molar-refractivity contribution is 5.90. The average Bonchev–Trinajstić information content (AvgIpc) is 2.67. The predicted molar refractivity (Wildman–Crippen MR) is 95.6 cm³/mol. The second-order valence-corrected chi connectivity index (χ2v) is 6.34. The largest absolute Gasteiger partial charge is 0.465 e. The van der Waals surface area contributed by atoms with E-state index in [0.717, 1.165) is 18.4 Å². The maximum Gasteiger partial charge on any atom is 0.337 e. The SMILES string of the molecule is COC(=O)c1ccc(/C=N/OC(C)C(=O)N(C)C2CCCCC2)cc1. The summed E-state index contributed by atoms with van der Waals surface area (Å²) in [5, 5.41) is 3.90. The lowest BCUT2D eigenvalue weighted by Crippen LogP contribution is -2.43. The molecule has 1 aliphatic carbocycles. The number of carbonyl (C=O) groups is 2. The summed E-state index contributed by atoms with van der Waals surface area (Å²) in [4.78, 5) is 30.9. The maximum absolute atomic E-state index is 12.4. The molecule has 0 radical (unpaired) electrons. The van der Waals surface area contributed by atoms with E-state index in [1.165, 1.54) is 32.6 Å². The number of nitrogens with zero attached hydrogens (tertiary/aromatic N) is 2. The summed E-state index contributed by atoms with van der Waals surface area (Å²) >= 11 is 0. The van der Waals surface area contributed by atoms with Gasteiger partial charge in [-0.3, -0.25) is 4.79 Å². The van der Waals surface area contributed by atoms with Crippen LogP contribution in [-0.2, 0) is 14.4 Å². The van der Waals surface area contributed by atoms with Crippen molar-refractivity contribution in [2.75, 3.05) is 14.2 Å². The van der Waals surface area contributed by atoms with Crippen LogP contribution in [0.3, 0.4) is 0 Å². The molecule has 2 rings (SSSR count). The molecular weight excluding hydrogens is 320 g/mol. The van der Waals surface area contributed by atoms with Gasteiger partial charge in [-0.25, -0.2) is 4.79 Å². The molecule has 1 aliphatic rings. The standard InChI is InChI=1S/C19H26N2O4/c1-14(18(22)21(2)17-7-5-4-6-8-17)25-20-13-15-9-11-16(12-10-15)19(23)24-3/h9-14,17H,4-8H2,1-3H3/b20-13+. The number of ether oxygens (including phenoxy) is 1. The van der Waals surface area contributed by atoms with E-state index in [0.29, 0.717) is 11.6 Å². The Kier molecular flexibility index (Phi) is 6.98. The van der Waals surface area contributed by atoms with Crippen molar-refractivity contribution in [2.24, 2.45) is 5.16 Å². The fraction of sp³-hybridized carbons (Fsp3) is 0.526. The first kappa shape index (κ1) is 19.0. The Morgan fingerprint density at radius 3 is 2.44 bits per heavy atom. The average molecular weight is 346 g/mol. The van der Waals surface area contributed by atoms with Crippen LogP contribution in [0.1, 0.15) is 54.9 Å². The molecule has 25 heavy (non-hydrogen) atoms. The molecule has 0 spiro atoms. The van der Waals surface area contributed by atoms with Gasteiger partial charge >= 0.3 is 5.97 Å². The van der Waals surface area contributed by atoms with E-state index < -0.39 is 6.10 Å². The van der Waals surface area contributed by atoms with Crippen LogP contribution in [0.25, 0.3) is 0 Å². The number of amides is 1. The molecule has 1 saturated carbocycles. The summed E-state index contributed by atoms with van der Waals surface area (Å²) in [7, 11) is 3.18. The molecule has 0 saturated heterocycles. The van der Waals surface area contributed by atoms with Crippen LogP contribution in [0.15, 0.2) is 29.4 Å². The molecule has 1 fully saturated rings.